The van der Waals surface area contributed by atoms with E-state index in [1.54, 1.807) is 11.1 Å². The van der Waals surface area contributed by atoms with Gasteiger partial charge in [-0.15, -0.1) is 0 Å². The van der Waals surface area contributed by atoms with Crippen molar-refractivity contribution < 1.29 is 23.8 Å². The maximum atomic E-state index is 12.6. The first-order valence-corrected chi connectivity index (χ1v) is 15.3. The molecule has 0 spiro atoms. The van der Waals surface area contributed by atoms with E-state index in [2.05, 4.69) is 15.7 Å². The molecular weight excluding hydrogens is 574 g/mol. The number of hydrogen-bond donors (Lipinski definition) is 3. The Morgan fingerprint density at radius 2 is 1.76 bits per heavy atom. The van der Waals surface area contributed by atoms with Crippen molar-refractivity contribution >= 4 is 28.9 Å². The summed E-state index contributed by atoms with van der Waals surface area (Å²) in [5.74, 6) is 0.309. The van der Waals surface area contributed by atoms with Gasteiger partial charge in [-0.3, -0.25) is 9.48 Å². The van der Waals surface area contributed by atoms with Gasteiger partial charge in [0, 0.05) is 54.3 Å². The Morgan fingerprint density at radius 3 is 2.40 bits per heavy atom. The lowest BCUT2D eigenvalue weighted by atomic mass is 10.0. The third-order valence-electron chi connectivity index (χ3n) is 7.21. The van der Waals surface area contributed by atoms with Crippen molar-refractivity contribution in [3.8, 4) is 28.3 Å². The van der Waals surface area contributed by atoms with E-state index in [0.29, 0.717) is 41.5 Å². The predicted octanol–water partition coefficient (Wildman–Crippen LogP) is 6.38. The minimum absolute atomic E-state index is 0.0882. The fraction of sp³-hybridized carbons (Fsp3) is 0.485. The second-order valence-electron chi connectivity index (χ2n) is 13.9. The molecule has 4 heterocycles. The molecule has 1 aliphatic rings. The highest BCUT2D eigenvalue weighted by molar-refractivity contribution is 6.00. The normalized spacial score (nSPS) is 14.6. The number of amides is 2. The summed E-state index contributed by atoms with van der Waals surface area (Å²) >= 11 is 0. The molecule has 0 unspecified atom stereocenters. The van der Waals surface area contributed by atoms with Gasteiger partial charge in [-0.1, -0.05) is 0 Å². The fourth-order valence-corrected chi connectivity index (χ4v) is 5.17. The summed E-state index contributed by atoms with van der Waals surface area (Å²) < 4.78 is 13.6. The molecule has 3 N–H and O–H groups in total. The highest BCUT2D eigenvalue weighted by Gasteiger charge is 2.28. The lowest BCUT2D eigenvalue weighted by molar-refractivity contribution is 0.0184. The summed E-state index contributed by atoms with van der Waals surface area (Å²) in [5, 5.41) is 21.4. The van der Waals surface area contributed by atoms with Crippen LogP contribution in [-0.2, 0) is 4.74 Å². The molecule has 0 saturated carbocycles. The number of carbonyl (C=O) groups excluding carboxylic acids is 2. The number of aromatic hydroxyl groups is 1. The molecule has 3 aromatic heterocycles. The summed E-state index contributed by atoms with van der Waals surface area (Å²) in [7, 11) is 0. The molecule has 45 heavy (non-hydrogen) atoms. The van der Waals surface area contributed by atoms with Gasteiger partial charge < -0.3 is 29.8 Å². The van der Waals surface area contributed by atoms with Gasteiger partial charge in [0.1, 0.15) is 22.7 Å². The number of nitrogens with zero attached hydrogens (tertiary/aromatic N) is 5. The maximum absolute atomic E-state index is 12.6. The monoisotopic (exact) mass is 617 g/mol. The van der Waals surface area contributed by atoms with Crippen LogP contribution < -0.4 is 10.6 Å². The van der Waals surface area contributed by atoms with Gasteiger partial charge in [-0.05, 0) is 80.4 Å². The lowest BCUT2D eigenvalue weighted by Crippen LogP contribution is -2.42. The van der Waals surface area contributed by atoms with E-state index in [-0.39, 0.29) is 40.9 Å². The minimum Gasteiger partial charge on any atom is -0.507 e. The molecule has 2 amide bonds. The highest BCUT2D eigenvalue weighted by atomic mass is 16.6. The van der Waals surface area contributed by atoms with Gasteiger partial charge in [-0.25, -0.2) is 14.8 Å². The molecule has 0 aliphatic carbocycles. The molecule has 1 fully saturated rings. The molecular formula is C33H43N7O5. The molecule has 240 valence electrons. The number of carbonyl (C=O) groups is 2. The first-order chi connectivity index (χ1) is 21.1. The van der Waals surface area contributed by atoms with Gasteiger partial charge in [0.05, 0.1) is 23.4 Å². The van der Waals surface area contributed by atoms with Crippen molar-refractivity contribution in [2.24, 2.45) is 0 Å². The van der Waals surface area contributed by atoms with Crippen molar-refractivity contribution in [3.63, 3.8) is 0 Å². The van der Waals surface area contributed by atoms with Crippen LogP contribution in [0.5, 0.6) is 5.75 Å². The molecule has 1 saturated heterocycles. The van der Waals surface area contributed by atoms with Crippen molar-refractivity contribution in [2.75, 3.05) is 18.4 Å². The zero-order chi connectivity index (χ0) is 32.7. The molecule has 1 aliphatic heterocycles. The van der Waals surface area contributed by atoms with Crippen LogP contribution in [0.2, 0.25) is 0 Å². The molecule has 0 bridgehead atoms. The van der Waals surface area contributed by atoms with E-state index < -0.39 is 5.60 Å². The number of aromatic nitrogens is 4. The molecule has 0 atom stereocenters. The zero-order valence-corrected chi connectivity index (χ0v) is 27.3. The Hall–Kier alpha value is -4.61. The third-order valence-corrected chi connectivity index (χ3v) is 7.21. The van der Waals surface area contributed by atoms with E-state index in [1.165, 1.54) is 12.1 Å². The number of likely N-dealkylation sites (tertiary alicyclic amines) is 1. The topological polar surface area (TPSA) is 148 Å². The summed E-state index contributed by atoms with van der Waals surface area (Å²) in [6, 6.07) is 4.95. The van der Waals surface area contributed by atoms with Crippen LogP contribution >= 0.6 is 0 Å². The number of phenols is 1. The standard InChI is InChI=1S/C33H43N7O5/c1-19(2)36-29(42)23-14-25-27(15-26(23)41)44-30(37-25)24-13-20(16-34-28(24)38-32(3,4)5)21-17-35-40(18-21)22-9-11-39(12-10-22)31(43)45-33(6,7)8/h13-19,22,41H,9-12H2,1-8H3,(H,34,38)(H,36,42). The number of ether oxygens (including phenoxy) is 1. The number of piperidine rings is 1. The fourth-order valence-electron chi connectivity index (χ4n) is 5.17. The van der Waals surface area contributed by atoms with Crippen LogP contribution in [0.15, 0.2) is 41.2 Å². The number of pyridine rings is 1. The van der Waals surface area contributed by atoms with Gasteiger partial charge in [0.25, 0.3) is 5.91 Å². The van der Waals surface area contributed by atoms with Crippen LogP contribution in [0.4, 0.5) is 10.6 Å². The molecule has 12 heteroatoms. The lowest BCUT2D eigenvalue weighted by Gasteiger charge is -2.33. The Bertz CT molecular complexity index is 1700. The average Bonchev–Trinajstić information content (AvgIpc) is 3.58. The van der Waals surface area contributed by atoms with Crippen LogP contribution in [0.3, 0.4) is 0 Å². The Labute approximate surface area is 263 Å². The Morgan fingerprint density at radius 1 is 1.04 bits per heavy atom. The minimum atomic E-state index is -0.526. The first kappa shape index (κ1) is 31.8. The number of hydrogen-bond acceptors (Lipinski definition) is 9. The second-order valence-corrected chi connectivity index (χ2v) is 13.9. The smallest absolute Gasteiger partial charge is 0.410 e. The average molecular weight is 618 g/mol. The van der Waals surface area contributed by atoms with E-state index >= 15 is 0 Å². The van der Waals surface area contributed by atoms with Crippen LogP contribution in [0.25, 0.3) is 33.7 Å². The van der Waals surface area contributed by atoms with Crippen LogP contribution in [-0.4, -0.2) is 72.0 Å². The predicted molar refractivity (Wildman–Crippen MR) is 172 cm³/mol. The van der Waals surface area contributed by atoms with Crippen LogP contribution in [0.1, 0.15) is 84.6 Å². The van der Waals surface area contributed by atoms with Crippen molar-refractivity contribution in [1.82, 2.24) is 30.0 Å². The molecule has 5 rings (SSSR count). The number of anilines is 1. The zero-order valence-electron chi connectivity index (χ0n) is 27.3. The highest BCUT2D eigenvalue weighted by Crippen LogP contribution is 2.36. The van der Waals surface area contributed by atoms with Crippen LogP contribution in [0, 0.1) is 0 Å². The largest absolute Gasteiger partial charge is 0.507 e. The van der Waals surface area contributed by atoms with Crippen molar-refractivity contribution in [2.45, 2.75) is 91.5 Å². The van der Waals surface area contributed by atoms with Gasteiger partial charge >= 0.3 is 6.09 Å². The van der Waals surface area contributed by atoms with E-state index in [4.69, 9.17) is 19.1 Å². The summed E-state index contributed by atoms with van der Waals surface area (Å²) in [6.07, 6.45) is 6.84. The van der Waals surface area contributed by atoms with E-state index in [1.807, 2.05) is 78.5 Å². The number of oxazole rings is 1. The molecule has 1 aromatic carbocycles. The van der Waals surface area contributed by atoms with Gasteiger partial charge in [-0.2, -0.15) is 5.10 Å². The molecule has 0 radical (unpaired) electrons. The maximum Gasteiger partial charge on any atom is 0.410 e. The number of phenolic OH excluding ortho intramolecular Hbond substituents is 1. The summed E-state index contributed by atoms with van der Waals surface area (Å²) in [5.41, 5.74) is 2.42. The number of nitrogens with one attached hydrogen (secondary N) is 2. The molecule has 4 aromatic rings. The van der Waals surface area contributed by atoms with Crippen molar-refractivity contribution in [1.29, 1.82) is 0 Å². The van der Waals surface area contributed by atoms with Gasteiger partial charge in [0.2, 0.25) is 5.89 Å². The SMILES string of the molecule is CC(C)NC(=O)c1cc2nc(-c3cc(-c4cnn(C5CCN(C(=O)OC(C)(C)C)CC5)c4)cnc3NC(C)(C)C)oc2cc1O. The van der Waals surface area contributed by atoms with E-state index in [9.17, 15) is 14.7 Å². The number of fused-ring (bicyclic) bond motifs is 1. The van der Waals surface area contributed by atoms with Gasteiger partial charge in [0.15, 0.2) is 5.58 Å². The summed E-state index contributed by atoms with van der Waals surface area (Å²) in [6.45, 7) is 16.6. The number of benzene rings is 1. The number of rotatable bonds is 6. The Balaban J connectivity index is 1.42. The third kappa shape index (κ3) is 7.55. The molecule has 12 nitrogen and oxygen atoms in total. The Kier molecular flexibility index (Phi) is 8.52. The van der Waals surface area contributed by atoms with E-state index in [0.717, 1.165) is 24.0 Å². The second kappa shape index (κ2) is 12.1. The quantitative estimate of drug-likeness (QED) is 0.224. The van der Waals surface area contributed by atoms with Crippen molar-refractivity contribution in [3.05, 3.63) is 42.4 Å². The first-order valence-electron chi connectivity index (χ1n) is 15.3. The summed E-state index contributed by atoms with van der Waals surface area (Å²) in [4.78, 5) is 36.3.